The number of amides is 2. The summed E-state index contributed by atoms with van der Waals surface area (Å²) in [5.74, 6) is 0.407. The van der Waals surface area contributed by atoms with Crippen molar-refractivity contribution in [1.29, 1.82) is 0 Å². The third-order valence-corrected chi connectivity index (χ3v) is 5.43. The lowest BCUT2D eigenvalue weighted by molar-refractivity contribution is 0.262. The fourth-order valence-electron chi connectivity index (χ4n) is 3.18. The van der Waals surface area contributed by atoms with Gasteiger partial charge in [0.25, 0.3) is 0 Å². The smallest absolute Gasteiger partial charge is 0.308 e. The monoisotopic (exact) mass is 470 g/mol. The van der Waals surface area contributed by atoms with Gasteiger partial charge in [0, 0.05) is 26.9 Å². The molecule has 2 N–H and O–H groups in total. The summed E-state index contributed by atoms with van der Waals surface area (Å²) in [6, 6.07) is 21.3. The molecule has 1 aromatic heterocycles. The normalized spacial score (nSPS) is 10.7. The molecular formula is C23H17Cl3N4O. The minimum Gasteiger partial charge on any atom is -0.308 e. The Labute approximate surface area is 194 Å². The molecule has 4 rings (SSSR count). The van der Waals surface area contributed by atoms with Crippen LogP contribution in [0.3, 0.4) is 0 Å². The van der Waals surface area contributed by atoms with Gasteiger partial charge >= 0.3 is 6.03 Å². The summed E-state index contributed by atoms with van der Waals surface area (Å²) in [5, 5.41) is 11.8. The summed E-state index contributed by atoms with van der Waals surface area (Å²) < 4.78 is 1.69. The summed E-state index contributed by atoms with van der Waals surface area (Å²) >= 11 is 18.6. The number of urea groups is 1. The van der Waals surface area contributed by atoms with E-state index < -0.39 is 6.03 Å². The summed E-state index contributed by atoms with van der Waals surface area (Å²) in [7, 11) is 0. The Morgan fingerprint density at radius 1 is 0.871 bits per heavy atom. The van der Waals surface area contributed by atoms with Crippen LogP contribution in [0, 0.1) is 6.92 Å². The van der Waals surface area contributed by atoms with Gasteiger partial charge in [-0.05, 0) is 49.4 Å². The van der Waals surface area contributed by atoms with Crippen molar-refractivity contribution < 1.29 is 4.79 Å². The standard InChI is InChI=1S/C23H17Cl3N4O/c1-14-21(15-7-9-16(24)10-8-15)30(20-12-11-17(25)13-19(20)26)29-22(14)28-23(31)27-18-5-3-2-4-6-18/h2-13H,1H3,(H2,27,28,29,31). The predicted octanol–water partition coefficient (Wildman–Crippen LogP) is 7.45. The maximum absolute atomic E-state index is 12.6. The highest BCUT2D eigenvalue weighted by molar-refractivity contribution is 6.35. The van der Waals surface area contributed by atoms with Crippen molar-refractivity contribution in [2.24, 2.45) is 0 Å². The molecule has 8 heteroatoms. The van der Waals surface area contributed by atoms with Crippen molar-refractivity contribution in [3.63, 3.8) is 0 Å². The summed E-state index contributed by atoms with van der Waals surface area (Å²) in [6.07, 6.45) is 0. The fourth-order valence-corrected chi connectivity index (χ4v) is 3.79. The van der Waals surface area contributed by atoms with E-state index in [1.165, 1.54) is 0 Å². The number of hydrogen-bond acceptors (Lipinski definition) is 2. The van der Waals surface area contributed by atoms with Gasteiger partial charge in [-0.3, -0.25) is 5.32 Å². The van der Waals surface area contributed by atoms with Crippen LogP contribution >= 0.6 is 34.8 Å². The average Bonchev–Trinajstić information content (AvgIpc) is 3.05. The van der Waals surface area contributed by atoms with Crippen molar-refractivity contribution >= 4 is 52.3 Å². The van der Waals surface area contributed by atoms with E-state index in [1.807, 2.05) is 37.3 Å². The number of hydrogen-bond donors (Lipinski definition) is 2. The van der Waals surface area contributed by atoms with Crippen LogP contribution in [0.4, 0.5) is 16.3 Å². The zero-order chi connectivity index (χ0) is 22.0. The van der Waals surface area contributed by atoms with Crippen molar-refractivity contribution in [1.82, 2.24) is 9.78 Å². The molecule has 1 heterocycles. The molecule has 0 aliphatic heterocycles. The molecule has 0 aliphatic rings. The van der Waals surface area contributed by atoms with Gasteiger partial charge in [-0.15, -0.1) is 5.10 Å². The van der Waals surface area contributed by atoms with Crippen molar-refractivity contribution in [3.05, 3.63) is 93.4 Å². The van der Waals surface area contributed by atoms with E-state index in [0.717, 1.165) is 16.8 Å². The first-order valence-electron chi connectivity index (χ1n) is 9.36. The van der Waals surface area contributed by atoms with E-state index in [4.69, 9.17) is 34.8 Å². The van der Waals surface area contributed by atoms with Gasteiger partial charge in [-0.25, -0.2) is 9.48 Å². The first-order chi connectivity index (χ1) is 14.9. The molecule has 156 valence electrons. The molecule has 0 atom stereocenters. The highest BCUT2D eigenvalue weighted by Gasteiger charge is 2.20. The quantitative estimate of drug-likeness (QED) is 0.325. The predicted molar refractivity (Wildman–Crippen MR) is 128 cm³/mol. The second-order valence-corrected chi connectivity index (χ2v) is 8.06. The van der Waals surface area contributed by atoms with Crippen LogP contribution in [-0.2, 0) is 0 Å². The average molecular weight is 472 g/mol. The number of nitrogens with one attached hydrogen (secondary N) is 2. The van der Waals surface area contributed by atoms with Gasteiger partial charge in [0.1, 0.15) is 0 Å². The van der Waals surface area contributed by atoms with E-state index in [-0.39, 0.29) is 0 Å². The maximum Gasteiger partial charge on any atom is 0.324 e. The van der Waals surface area contributed by atoms with E-state index in [0.29, 0.717) is 32.3 Å². The van der Waals surface area contributed by atoms with E-state index in [1.54, 1.807) is 47.1 Å². The minimum absolute atomic E-state index is 0.399. The van der Waals surface area contributed by atoms with Crippen LogP contribution in [0.1, 0.15) is 5.56 Å². The molecule has 0 fully saturated rings. The molecule has 3 aromatic carbocycles. The molecule has 0 spiro atoms. The molecule has 5 nitrogen and oxygen atoms in total. The van der Waals surface area contributed by atoms with E-state index in [2.05, 4.69) is 15.7 Å². The molecular weight excluding hydrogens is 455 g/mol. The van der Waals surface area contributed by atoms with Crippen molar-refractivity contribution in [2.75, 3.05) is 10.6 Å². The highest BCUT2D eigenvalue weighted by Crippen LogP contribution is 2.34. The molecule has 0 unspecified atom stereocenters. The molecule has 4 aromatic rings. The van der Waals surface area contributed by atoms with Gasteiger partial charge in [-0.1, -0.05) is 65.1 Å². The number of rotatable bonds is 4. The van der Waals surface area contributed by atoms with Gasteiger partial charge in [0.2, 0.25) is 0 Å². The summed E-state index contributed by atoms with van der Waals surface area (Å²) in [4.78, 5) is 12.6. The zero-order valence-corrected chi connectivity index (χ0v) is 18.6. The number of nitrogens with zero attached hydrogens (tertiary/aromatic N) is 2. The van der Waals surface area contributed by atoms with Crippen molar-refractivity contribution in [2.45, 2.75) is 6.92 Å². The first kappa shape index (κ1) is 21.2. The Morgan fingerprint density at radius 3 is 2.23 bits per heavy atom. The highest BCUT2D eigenvalue weighted by atomic mass is 35.5. The molecule has 0 bridgehead atoms. The number of para-hydroxylation sites is 1. The molecule has 31 heavy (non-hydrogen) atoms. The van der Waals surface area contributed by atoms with Gasteiger partial charge in [0.15, 0.2) is 5.82 Å². The molecule has 2 amide bonds. The topological polar surface area (TPSA) is 59.0 Å². The van der Waals surface area contributed by atoms with Gasteiger partial charge < -0.3 is 5.32 Å². The first-order valence-corrected chi connectivity index (χ1v) is 10.5. The second kappa shape index (κ2) is 9.02. The van der Waals surface area contributed by atoms with Crippen LogP contribution < -0.4 is 10.6 Å². The van der Waals surface area contributed by atoms with Crippen LogP contribution in [-0.4, -0.2) is 15.8 Å². The number of carbonyl (C=O) groups is 1. The van der Waals surface area contributed by atoms with E-state index in [9.17, 15) is 4.79 Å². The van der Waals surface area contributed by atoms with Crippen LogP contribution in [0.2, 0.25) is 15.1 Å². The van der Waals surface area contributed by atoms with Gasteiger partial charge in [0.05, 0.1) is 16.4 Å². The van der Waals surface area contributed by atoms with Crippen molar-refractivity contribution in [3.8, 4) is 16.9 Å². The second-order valence-electron chi connectivity index (χ2n) is 6.78. The lowest BCUT2D eigenvalue weighted by Gasteiger charge is -2.10. The third kappa shape index (κ3) is 4.69. The van der Waals surface area contributed by atoms with Gasteiger partial charge in [-0.2, -0.15) is 0 Å². The number of halogens is 3. The van der Waals surface area contributed by atoms with Crippen LogP contribution in [0.25, 0.3) is 16.9 Å². The zero-order valence-electron chi connectivity index (χ0n) is 16.4. The number of carbonyl (C=O) groups excluding carboxylic acids is 1. The lowest BCUT2D eigenvalue weighted by atomic mass is 10.1. The summed E-state index contributed by atoms with van der Waals surface area (Å²) in [6.45, 7) is 1.88. The Morgan fingerprint density at radius 2 is 1.55 bits per heavy atom. The Kier molecular flexibility index (Phi) is 6.18. The molecule has 0 aliphatic carbocycles. The maximum atomic E-state index is 12.6. The van der Waals surface area contributed by atoms with E-state index >= 15 is 0 Å². The fraction of sp³-hybridized carbons (Fsp3) is 0.0435. The minimum atomic E-state index is -0.399. The third-order valence-electron chi connectivity index (χ3n) is 4.64. The molecule has 0 saturated heterocycles. The largest absolute Gasteiger partial charge is 0.324 e. The Balaban J connectivity index is 1.76. The molecule has 0 saturated carbocycles. The van der Waals surface area contributed by atoms with Crippen LogP contribution in [0.15, 0.2) is 72.8 Å². The number of benzene rings is 3. The molecule has 0 radical (unpaired) electrons. The lowest BCUT2D eigenvalue weighted by Crippen LogP contribution is -2.20. The number of anilines is 2. The van der Waals surface area contributed by atoms with Crippen LogP contribution in [0.5, 0.6) is 0 Å². The SMILES string of the molecule is Cc1c(NC(=O)Nc2ccccc2)nn(-c2ccc(Cl)cc2Cl)c1-c1ccc(Cl)cc1. The Hall–Kier alpha value is -2.99. The summed E-state index contributed by atoms with van der Waals surface area (Å²) in [5.41, 5.74) is 3.73. The number of aromatic nitrogens is 2. The Bertz CT molecular complexity index is 1240.